The Balaban J connectivity index is 1.45. The number of para-hydroxylation sites is 1. The van der Waals surface area contributed by atoms with Crippen molar-refractivity contribution in [1.29, 1.82) is 0 Å². The molecule has 0 spiro atoms. The lowest BCUT2D eigenvalue weighted by atomic mass is 10.1. The van der Waals surface area contributed by atoms with Crippen LogP contribution in [0.1, 0.15) is 24.5 Å². The number of aliphatic hydroxyl groups excluding tert-OH is 1. The van der Waals surface area contributed by atoms with E-state index in [4.69, 9.17) is 9.37 Å². The predicted molar refractivity (Wildman–Crippen MR) is 111 cm³/mol. The summed E-state index contributed by atoms with van der Waals surface area (Å²) < 4.78 is 10.7. The van der Waals surface area contributed by atoms with E-state index in [1.165, 1.54) is 5.56 Å². The van der Waals surface area contributed by atoms with Crippen LogP contribution in [0.4, 0.5) is 0 Å². The highest BCUT2D eigenvalue weighted by atomic mass is 16.6. The van der Waals surface area contributed by atoms with Crippen LogP contribution in [0, 0.1) is 0 Å². The molecule has 1 saturated heterocycles. The summed E-state index contributed by atoms with van der Waals surface area (Å²) in [4.78, 5) is 4.89. The van der Waals surface area contributed by atoms with Crippen molar-refractivity contribution in [3.8, 4) is 5.75 Å². The van der Waals surface area contributed by atoms with Crippen LogP contribution in [0.5, 0.6) is 5.75 Å². The molecule has 2 heterocycles. The minimum Gasteiger partial charge on any atom is -0.494 e. The second-order valence-corrected chi connectivity index (χ2v) is 7.46. The third kappa shape index (κ3) is 4.58. The van der Waals surface area contributed by atoms with E-state index in [1.54, 1.807) is 0 Å². The standard InChI is InChI=1S/C22H28N4O3/c1-2-28-21-9-4-3-6-17(21)15-26-12-11-25(16-19(26)10-13-27)14-18-7-5-8-20-22(18)24-29-23-20/h3-9,19,27H,2,10-16H2,1H3/t19-/m0/s1. The van der Waals surface area contributed by atoms with Gasteiger partial charge in [-0.1, -0.05) is 30.3 Å². The largest absolute Gasteiger partial charge is 0.494 e. The molecule has 0 amide bonds. The Morgan fingerprint density at radius 3 is 2.79 bits per heavy atom. The maximum Gasteiger partial charge on any atom is 0.139 e. The molecular formula is C22H28N4O3. The molecule has 2 aromatic carbocycles. The van der Waals surface area contributed by atoms with Crippen molar-refractivity contribution in [1.82, 2.24) is 20.1 Å². The van der Waals surface area contributed by atoms with Gasteiger partial charge in [0.1, 0.15) is 16.8 Å². The molecule has 154 valence electrons. The molecule has 7 heteroatoms. The second-order valence-electron chi connectivity index (χ2n) is 7.46. The van der Waals surface area contributed by atoms with Crippen molar-refractivity contribution in [3.05, 3.63) is 53.6 Å². The predicted octanol–water partition coefficient (Wildman–Crippen LogP) is 2.69. The van der Waals surface area contributed by atoms with E-state index in [0.717, 1.165) is 61.5 Å². The number of benzene rings is 2. The summed E-state index contributed by atoms with van der Waals surface area (Å²) in [6.45, 7) is 7.29. The summed E-state index contributed by atoms with van der Waals surface area (Å²) in [5.74, 6) is 0.949. The lowest BCUT2D eigenvalue weighted by Gasteiger charge is -2.41. The summed E-state index contributed by atoms with van der Waals surface area (Å²) >= 11 is 0. The fourth-order valence-corrected chi connectivity index (χ4v) is 4.11. The van der Waals surface area contributed by atoms with Gasteiger partial charge in [-0.15, -0.1) is 0 Å². The molecular weight excluding hydrogens is 368 g/mol. The first kappa shape index (κ1) is 19.8. The van der Waals surface area contributed by atoms with Gasteiger partial charge in [-0.05, 0) is 41.4 Å². The number of rotatable bonds is 8. The molecule has 0 radical (unpaired) electrons. The Bertz CT molecular complexity index is 929. The maximum atomic E-state index is 9.63. The SMILES string of the molecule is CCOc1ccccc1CN1CCN(Cc2cccc3nonc23)C[C@@H]1CCO. The van der Waals surface area contributed by atoms with Crippen LogP contribution >= 0.6 is 0 Å². The zero-order valence-corrected chi connectivity index (χ0v) is 16.8. The molecule has 0 bridgehead atoms. The van der Waals surface area contributed by atoms with E-state index < -0.39 is 0 Å². The first-order valence-electron chi connectivity index (χ1n) is 10.3. The lowest BCUT2D eigenvalue weighted by Crippen LogP contribution is -2.52. The summed E-state index contributed by atoms with van der Waals surface area (Å²) in [5.41, 5.74) is 3.95. The van der Waals surface area contributed by atoms with Crippen molar-refractivity contribution in [2.24, 2.45) is 0 Å². The Morgan fingerprint density at radius 2 is 1.93 bits per heavy atom. The Morgan fingerprint density at radius 1 is 1.07 bits per heavy atom. The maximum absolute atomic E-state index is 9.63. The molecule has 4 rings (SSSR count). The molecule has 1 atom stereocenters. The molecule has 1 aliphatic heterocycles. The minimum atomic E-state index is 0.185. The number of hydrogen-bond donors (Lipinski definition) is 1. The number of aromatic nitrogens is 2. The van der Waals surface area contributed by atoms with E-state index in [9.17, 15) is 5.11 Å². The molecule has 0 saturated carbocycles. The average Bonchev–Trinajstić information content (AvgIpc) is 3.22. The summed E-state index contributed by atoms with van der Waals surface area (Å²) in [6, 6.07) is 14.5. The number of hydrogen-bond acceptors (Lipinski definition) is 7. The van der Waals surface area contributed by atoms with Gasteiger partial charge < -0.3 is 9.84 Å². The highest BCUT2D eigenvalue weighted by Crippen LogP contribution is 2.24. The van der Waals surface area contributed by atoms with Crippen LogP contribution in [0.25, 0.3) is 11.0 Å². The summed E-state index contributed by atoms with van der Waals surface area (Å²) in [5, 5.41) is 17.6. The fourth-order valence-electron chi connectivity index (χ4n) is 4.11. The van der Waals surface area contributed by atoms with Gasteiger partial charge in [0.05, 0.1) is 6.61 Å². The molecule has 0 aliphatic carbocycles. The number of aliphatic hydroxyl groups is 1. The molecule has 0 unspecified atom stereocenters. The Hall–Kier alpha value is -2.48. The molecule has 1 aliphatic rings. The third-order valence-electron chi connectivity index (χ3n) is 5.56. The fraction of sp³-hybridized carbons (Fsp3) is 0.455. The Kier molecular flexibility index (Phi) is 6.39. The van der Waals surface area contributed by atoms with Crippen LogP contribution in [0.3, 0.4) is 0 Å². The quantitative estimate of drug-likeness (QED) is 0.627. The van der Waals surface area contributed by atoms with E-state index in [1.807, 2.05) is 31.2 Å². The average molecular weight is 396 g/mol. The van der Waals surface area contributed by atoms with Crippen molar-refractivity contribution < 1.29 is 14.5 Å². The van der Waals surface area contributed by atoms with Gasteiger partial charge >= 0.3 is 0 Å². The van der Waals surface area contributed by atoms with Gasteiger partial charge in [0.2, 0.25) is 0 Å². The van der Waals surface area contributed by atoms with Crippen LogP contribution in [-0.2, 0) is 13.1 Å². The third-order valence-corrected chi connectivity index (χ3v) is 5.56. The second kappa shape index (κ2) is 9.35. The van der Waals surface area contributed by atoms with Crippen LogP contribution in [0.15, 0.2) is 47.1 Å². The Labute approximate surface area is 170 Å². The zero-order chi connectivity index (χ0) is 20.1. The van der Waals surface area contributed by atoms with E-state index in [-0.39, 0.29) is 12.6 Å². The molecule has 29 heavy (non-hydrogen) atoms. The lowest BCUT2D eigenvalue weighted by molar-refractivity contribution is 0.0495. The molecule has 1 fully saturated rings. The highest BCUT2D eigenvalue weighted by molar-refractivity contribution is 5.76. The monoisotopic (exact) mass is 396 g/mol. The van der Waals surface area contributed by atoms with E-state index in [0.29, 0.717) is 6.61 Å². The first-order valence-corrected chi connectivity index (χ1v) is 10.3. The van der Waals surface area contributed by atoms with Gasteiger partial charge in [0.25, 0.3) is 0 Å². The van der Waals surface area contributed by atoms with Gasteiger partial charge in [-0.2, -0.15) is 0 Å². The highest BCUT2D eigenvalue weighted by Gasteiger charge is 2.27. The van der Waals surface area contributed by atoms with E-state index in [2.05, 4.69) is 38.3 Å². The molecule has 1 aromatic heterocycles. The van der Waals surface area contributed by atoms with Crippen LogP contribution < -0.4 is 4.74 Å². The van der Waals surface area contributed by atoms with Gasteiger partial charge in [0.15, 0.2) is 0 Å². The topological polar surface area (TPSA) is 74.9 Å². The van der Waals surface area contributed by atoms with Gasteiger partial charge in [0, 0.05) is 50.9 Å². The molecule has 1 N–H and O–H groups in total. The zero-order valence-electron chi connectivity index (χ0n) is 16.8. The number of fused-ring (bicyclic) bond motifs is 1. The molecule has 3 aromatic rings. The number of piperazine rings is 1. The van der Waals surface area contributed by atoms with Crippen molar-refractivity contribution in [2.75, 3.05) is 32.8 Å². The number of nitrogens with zero attached hydrogens (tertiary/aromatic N) is 4. The van der Waals surface area contributed by atoms with Crippen molar-refractivity contribution in [2.45, 2.75) is 32.5 Å². The summed E-state index contributed by atoms with van der Waals surface area (Å²) in [7, 11) is 0. The van der Waals surface area contributed by atoms with Crippen molar-refractivity contribution >= 4 is 11.0 Å². The van der Waals surface area contributed by atoms with Gasteiger partial charge in [-0.3, -0.25) is 9.80 Å². The minimum absolute atomic E-state index is 0.185. The summed E-state index contributed by atoms with van der Waals surface area (Å²) in [6.07, 6.45) is 0.753. The van der Waals surface area contributed by atoms with Crippen molar-refractivity contribution in [3.63, 3.8) is 0 Å². The van der Waals surface area contributed by atoms with E-state index >= 15 is 0 Å². The van der Waals surface area contributed by atoms with Crippen LogP contribution in [0.2, 0.25) is 0 Å². The van der Waals surface area contributed by atoms with Crippen LogP contribution in [-0.4, -0.2) is 64.1 Å². The van der Waals surface area contributed by atoms with Gasteiger partial charge in [-0.25, -0.2) is 4.63 Å². The smallest absolute Gasteiger partial charge is 0.139 e. The number of ether oxygens (including phenoxy) is 1. The molecule has 7 nitrogen and oxygen atoms in total. The first-order chi connectivity index (χ1) is 14.3. The normalized spacial score (nSPS) is 18.3.